The number of hydrogen-bond acceptors (Lipinski definition) is 4. The number of piperazine rings is 1. The van der Waals surface area contributed by atoms with Gasteiger partial charge in [0.1, 0.15) is 0 Å². The third kappa shape index (κ3) is 3.76. The highest BCUT2D eigenvalue weighted by Gasteiger charge is 2.27. The van der Waals surface area contributed by atoms with E-state index in [-0.39, 0.29) is 12.1 Å². The van der Waals surface area contributed by atoms with Crippen molar-refractivity contribution in [1.29, 1.82) is 0 Å². The fourth-order valence-electron chi connectivity index (χ4n) is 2.13. The summed E-state index contributed by atoms with van der Waals surface area (Å²) in [5, 5.41) is 0. The van der Waals surface area contributed by atoms with Crippen molar-refractivity contribution < 1.29 is 9.53 Å². The fourth-order valence-corrected chi connectivity index (χ4v) is 2.13. The SMILES string of the molecule is CC(C)OC(=O)CN1CC(C)N(C)C(C)C1. The zero-order valence-electron chi connectivity index (χ0n) is 11.1. The Balaban J connectivity index is 2.41. The minimum absolute atomic E-state index is 0.0187. The Labute approximate surface area is 98.5 Å². The van der Waals surface area contributed by atoms with Crippen LogP contribution >= 0.6 is 0 Å². The second-order valence-corrected chi connectivity index (χ2v) is 5.10. The van der Waals surface area contributed by atoms with Crippen LogP contribution in [0.15, 0.2) is 0 Å². The molecule has 0 aliphatic carbocycles. The second kappa shape index (κ2) is 5.64. The van der Waals surface area contributed by atoms with E-state index >= 15 is 0 Å². The van der Waals surface area contributed by atoms with Gasteiger partial charge in [-0.3, -0.25) is 14.6 Å². The van der Waals surface area contributed by atoms with Crippen LogP contribution in [0.3, 0.4) is 0 Å². The molecule has 0 spiro atoms. The summed E-state index contributed by atoms with van der Waals surface area (Å²) in [6.07, 6.45) is -0.0187. The summed E-state index contributed by atoms with van der Waals surface area (Å²) in [7, 11) is 2.14. The zero-order valence-corrected chi connectivity index (χ0v) is 11.1. The average Bonchev–Trinajstić information content (AvgIpc) is 2.12. The smallest absolute Gasteiger partial charge is 0.320 e. The molecule has 0 aromatic carbocycles. The van der Waals surface area contributed by atoms with E-state index < -0.39 is 0 Å². The monoisotopic (exact) mass is 228 g/mol. The molecule has 94 valence electrons. The quantitative estimate of drug-likeness (QED) is 0.674. The summed E-state index contributed by atoms with van der Waals surface area (Å²) in [6, 6.07) is 0.992. The van der Waals surface area contributed by atoms with Crippen molar-refractivity contribution in [3.63, 3.8) is 0 Å². The molecule has 1 fully saturated rings. The summed E-state index contributed by atoms with van der Waals surface area (Å²) >= 11 is 0. The van der Waals surface area contributed by atoms with Gasteiger partial charge in [-0.1, -0.05) is 0 Å². The van der Waals surface area contributed by atoms with Crippen molar-refractivity contribution in [2.24, 2.45) is 0 Å². The van der Waals surface area contributed by atoms with E-state index in [1.807, 2.05) is 13.8 Å². The lowest BCUT2D eigenvalue weighted by Crippen LogP contribution is -2.55. The standard InChI is InChI=1S/C12H24N2O2/c1-9(2)16-12(15)8-14-6-10(3)13(5)11(4)7-14/h9-11H,6-8H2,1-5H3. The predicted octanol–water partition coefficient (Wildman–Crippen LogP) is 0.962. The van der Waals surface area contributed by atoms with E-state index in [0.717, 1.165) is 13.1 Å². The molecule has 0 aromatic heterocycles. The molecule has 0 N–H and O–H groups in total. The molecule has 4 nitrogen and oxygen atoms in total. The number of esters is 1. The van der Waals surface area contributed by atoms with Gasteiger partial charge >= 0.3 is 5.97 Å². The summed E-state index contributed by atoms with van der Waals surface area (Å²) in [5.74, 6) is -0.112. The molecule has 0 amide bonds. The van der Waals surface area contributed by atoms with Gasteiger partial charge in [0.15, 0.2) is 0 Å². The molecule has 0 aromatic rings. The maximum atomic E-state index is 11.5. The number of hydrogen-bond donors (Lipinski definition) is 0. The predicted molar refractivity (Wildman–Crippen MR) is 64.4 cm³/mol. The Kier molecular flexibility index (Phi) is 4.74. The molecule has 1 aliphatic rings. The van der Waals surface area contributed by atoms with Crippen molar-refractivity contribution in [2.75, 3.05) is 26.7 Å². The minimum atomic E-state index is -0.112. The van der Waals surface area contributed by atoms with Gasteiger partial charge in [0, 0.05) is 25.2 Å². The normalized spacial score (nSPS) is 28.4. The topological polar surface area (TPSA) is 32.8 Å². The van der Waals surface area contributed by atoms with Gasteiger partial charge in [0.05, 0.1) is 12.6 Å². The summed E-state index contributed by atoms with van der Waals surface area (Å²) in [5.41, 5.74) is 0. The summed E-state index contributed by atoms with van der Waals surface area (Å²) < 4.78 is 5.16. The molecule has 1 rings (SSSR count). The maximum Gasteiger partial charge on any atom is 0.320 e. The first-order chi connectivity index (χ1) is 7.40. The van der Waals surface area contributed by atoms with E-state index in [1.54, 1.807) is 0 Å². The number of likely N-dealkylation sites (N-methyl/N-ethyl adjacent to an activating group) is 1. The van der Waals surface area contributed by atoms with E-state index in [1.165, 1.54) is 0 Å². The highest BCUT2D eigenvalue weighted by atomic mass is 16.5. The molecule has 0 radical (unpaired) electrons. The molecule has 0 bridgehead atoms. The molecule has 16 heavy (non-hydrogen) atoms. The van der Waals surface area contributed by atoms with Gasteiger partial charge in [-0.15, -0.1) is 0 Å². The summed E-state index contributed by atoms with van der Waals surface area (Å²) in [4.78, 5) is 16.1. The molecule has 0 saturated carbocycles. The zero-order chi connectivity index (χ0) is 12.3. The van der Waals surface area contributed by atoms with E-state index in [0.29, 0.717) is 18.6 Å². The van der Waals surface area contributed by atoms with Crippen LogP contribution in [-0.2, 0) is 9.53 Å². The van der Waals surface area contributed by atoms with Crippen LogP contribution in [-0.4, -0.2) is 60.6 Å². The van der Waals surface area contributed by atoms with Gasteiger partial charge in [0.25, 0.3) is 0 Å². The average molecular weight is 228 g/mol. The van der Waals surface area contributed by atoms with Gasteiger partial charge in [0.2, 0.25) is 0 Å². The second-order valence-electron chi connectivity index (χ2n) is 5.10. The Hall–Kier alpha value is -0.610. The first-order valence-electron chi connectivity index (χ1n) is 6.04. The lowest BCUT2D eigenvalue weighted by Gasteiger charge is -2.42. The number of carbonyl (C=O) groups excluding carboxylic acids is 1. The minimum Gasteiger partial charge on any atom is -0.462 e. The first kappa shape index (κ1) is 13.5. The third-order valence-corrected chi connectivity index (χ3v) is 3.16. The molecule has 1 aliphatic heterocycles. The lowest BCUT2D eigenvalue weighted by molar-refractivity contribution is -0.149. The maximum absolute atomic E-state index is 11.5. The van der Waals surface area contributed by atoms with Crippen LogP contribution < -0.4 is 0 Å². The number of ether oxygens (including phenoxy) is 1. The van der Waals surface area contributed by atoms with Crippen LogP contribution in [0.25, 0.3) is 0 Å². The number of carbonyl (C=O) groups is 1. The number of nitrogens with zero attached hydrogens (tertiary/aromatic N) is 2. The van der Waals surface area contributed by atoms with Crippen molar-refractivity contribution in [3.05, 3.63) is 0 Å². The van der Waals surface area contributed by atoms with Gasteiger partial charge in [-0.25, -0.2) is 0 Å². The summed E-state index contributed by atoms with van der Waals surface area (Å²) in [6.45, 7) is 10.4. The van der Waals surface area contributed by atoms with Crippen LogP contribution in [0.5, 0.6) is 0 Å². The fraction of sp³-hybridized carbons (Fsp3) is 0.917. The van der Waals surface area contributed by atoms with E-state index in [2.05, 4.69) is 30.7 Å². The van der Waals surface area contributed by atoms with Crippen molar-refractivity contribution in [2.45, 2.75) is 45.9 Å². The Morgan fingerprint density at radius 1 is 1.31 bits per heavy atom. The van der Waals surface area contributed by atoms with Gasteiger partial charge < -0.3 is 4.74 Å². The van der Waals surface area contributed by atoms with Crippen LogP contribution in [0.4, 0.5) is 0 Å². The van der Waals surface area contributed by atoms with E-state index in [4.69, 9.17) is 4.74 Å². The van der Waals surface area contributed by atoms with Gasteiger partial charge in [-0.05, 0) is 34.7 Å². The first-order valence-corrected chi connectivity index (χ1v) is 6.04. The molecule has 2 atom stereocenters. The Morgan fingerprint density at radius 2 is 1.81 bits per heavy atom. The Bertz CT molecular complexity index is 231. The molecule has 1 saturated heterocycles. The molecule has 4 heteroatoms. The van der Waals surface area contributed by atoms with Crippen LogP contribution in [0.1, 0.15) is 27.7 Å². The van der Waals surface area contributed by atoms with Gasteiger partial charge in [-0.2, -0.15) is 0 Å². The molecular weight excluding hydrogens is 204 g/mol. The van der Waals surface area contributed by atoms with Crippen molar-refractivity contribution in [1.82, 2.24) is 9.80 Å². The molecule has 2 unspecified atom stereocenters. The van der Waals surface area contributed by atoms with E-state index in [9.17, 15) is 4.79 Å². The van der Waals surface area contributed by atoms with Crippen LogP contribution in [0, 0.1) is 0 Å². The largest absolute Gasteiger partial charge is 0.462 e. The highest BCUT2D eigenvalue weighted by Crippen LogP contribution is 2.13. The third-order valence-electron chi connectivity index (χ3n) is 3.16. The molecular formula is C12H24N2O2. The van der Waals surface area contributed by atoms with Crippen molar-refractivity contribution >= 4 is 5.97 Å². The molecule has 1 heterocycles. The Morgan fingerprint density at radius 3 is 2.25 bits per heavy atom. The number of rotatable bonds is 3. The van der Waals surface area contributed by atoms with Crippen molar-refractivity contribution in [3.8, 4) is 0 Å². The van der Waals surface area contributed by atoms with Crippen LogP contribution in [0.2, 0.25) is 0 Å². The highest BCUT2D eigenvalue weighted by molar-refractivity contribution is 5.71. The lowest BCUT2D eigenvalue weighted by atomic mass is 10.1.